The maximum absolute atomic E-state index is 12.7. The van der Waals surface area contributed by atoms with Crippen molar-refractivity contribution in [1.82, 2.24) is 30.7 Å². The molecule has 0 aliphatic carbocycles. The van der Waals surface area contributed by atoms with Crippen LogP contribution in [-0.4, -0.2) is 42.5 Å². The summed E-state index contributed by atoms with van der Waals surface area (Å²) in [7, 11) is 0. The first kappa shape index (κ1) is 19.3. The van der Waals surface area contributed by atoms with E-state index < -0.39 is 5.91 Å². The van der Waals surface area contributed by atoms with Crippen LogP contribution in [0.1, 0.15) is 16.1 Å². The summed E-state index contributed by atoms with van der Waals surface area (Å²) in [5, 5.41) is 28.9. The molecule has 0 unspecified atom stereocenters. The average Bonchev–Trinajstić information content (AvgIpc) is 3.37. The van der Waals surface area contributed by atoms with Crippen LogP contribution in [0.2, 0.25) is 0 Å². The first-order valence-corrected chi connectivity index (χ1v) is 9.25. The fourth-order valence-corrected chi connectivity index (χ4v) is 3.00. The number of benzene rings is 2. The van der Waals surface area contributed by atoms with Gasteiger partial charge in [0.25, 0.3) is 5.91 Å². The van der Waals surface area contributed by atoms with E-state index >= 15 is 0 Å². The Bertz CT molecular complexity index is 1240. The van der Waals surface area contributed by atoms with Gasteiger partial charge >= 0.3 is 0 Å². The molecule has 11 nitrogen and oxygen atoms in total. The zero-order valence-electron chi connectivity index (χ0n) is 15.1. The number of aromatic hydroxyl groups is 1. The molecule has 0 saturated heterocycles. The fraction of sp³-hybridized carbons (Fsp3) is 0. The summed E-state index contributed by atoms with van der Waals surface area (Å²) in [6, 6.07) is 13.8. The van der Waals surface area contributed by atoms with Gasteiger partial charge in [0.05, 0.1) is 6.21 Å². The molecule has 0 spiro atoms. The maximum atomic E-state index is 12.7. The normalized spacial score (nSPS) is 11.1. The van der Waals surface area contributed by atoms with Gasteiger partial charge in [-0.3, -0.25) is 4.79 Å². The zero-order chi connectivity index (χ0) is 21.1. The largest absolute Gasteiger partial charge is 0.507 e. The van der Waals surface area contributed by atoms with Crippen LogP contribution in [0.25, 0.3) is 17.1 Å². The van der Waals surface area contributed by atoms with Crippen molar-refractivity contribution in [3.8, 4) is 22.8 Å². The van der Waals surface area contributed by atoms with E-state index in [0.717, 1.165) is 4.47 Å². The zero-order valence-corrected chi connectivity index (χ0v) is 16.7. The van der Waals surface area contributed by atoms with Crippen molar-refractivity contribution in [2.24, 2.45) is 5.10 Å². The maximum Gasteiger partial charge on any atom is 0.294 e. The molecule has 1 amide bonds. The van der Waals surface area contributed by atoms with Gasteiger partial charge < -0.3 is 10.8 Å². The van der Waals surface area contributed by atoms with E-state index in [1.165, 1.54) is 17.0 Å². The van der Waals surface area contributed by atoms with Gasteiger partial charge in [0, 0.05) is 15.6 Å². The number of amides is 1. The predicted octanol–water partition coefficient (Wildman–Crippen LogP) is 2.13. The highest BCUT2D eigenvalue weighted by Gasteiger charge is 2.24. The number of hydrazone groups is 1. The van der Waals surface area contributed by atoms with E-state index in [1.54, 1.807) is 36.4 Å². The molecule has 0 atom stereocenters. The molecule has 2 heterocycles. The number of hydrogen-bond donors (Lipinski definition) is 3. The summed E-state index contributed by atoms with van der Waals surface area (Å²) in [5.41, 5.74) is 9.52. The molecule has 4 N–H and O–H groups in total. The lowest BCUT2D eigenvalue weighted by molar-refractivity contribution is 0.0950. The Morgan fingerprint density at radius 3 is 2.77 bits per heavy atom. The first-order valence-electron chi connectivity index (χ1n) is 8.46. The van der Waals surface area contributed by atoms with Crippen LogP contribution in [0, 0.1) is 0 Å². The van der Waals surface area contributed by atoms with E-state index in [0.29, 0.717) is 16.8 Å². The monoisotopic (exact) mass is 468 g/mol. The molecule has 30 heavy (non-hydrogen) atoms. The Hall–Kier alpha value is -4.06. The van der Waals surface area contributed by atoms with Gasteiger partial charge in [0.2, 0.25) is 11.6 Å². The van der Waals surface area contributed by atoms with E-state index in [4.69, 9.17) is 5.73 Å². The van der Waals surface area contributed by atoms with Gasteiger partial charge in [-0.1, -0.05) is 51.5 Å². The van der Waals surface area contributed by atoms with Crippen LogP contribution in [0.4, 0.5) is 5.82 Å². The number of anilines is 1. The fourth-order valence-electron chi connectivity index (χ4n) is 2.62. The molecule has 4 rings (SSSR count). The van der Waals surface area contributed by atoms with Crippen molar-refractivity contribution < 1.29 is 14.5 Å². The third kappa shape index (κ3) is 3.75. The Morgan fingerprint density at radius 1 is 1.23 bits per heavy atom. The number of nitrogens with zero attached hydrogens (tertiary/aromatic N) is 6. The molecule has 0 radical (unpaired) electrons. The molecule has 0 fully saturated rings. The Labute approximate surface area is 177 Å². The smallest absolute Gasteiger partial charge is 0.294 e. The number of rotatable bonds is 5. The number of carbonyl (C=O) groups excluding carboxylic acids is 1. The Kier molecular flexibility index (Phi) is 5.22. The lowest BCUT2D eigenvalue weighted by Crippen LogP contribution is -2.19. The van der Waals surface area contributed by atoms with Crippen molar-refractivity contribution in [3.63, 3.8) is 0 Å². The highest BCUT2D eigenvalue weighted by Crippen LogP contribution is 2.26. The van der Waals surface area contributed by atoms with E-state index in [1.807, 2.05) is 6.07 Å². The lowest BCUT2D eigenvalue weighted by atomic mass is 10.1. The Morgan fingerprint density at radius 2 is 2.03 bits per heavy atom. The van der Waals surface area contributed by atoms with Crippen molar-refractivity contribution in [3.05, 3.63) is 64.3 Å². The van der Waals surface area contributed by atoms with E-state index in [2.05, 4.69) is 51.7 Å². The number of hydrogen-bond acceptors (Lipinski definition) is 9. The molecule has 0 saturated carbocycles. The van der Waals surface area contributed by atoms with Gasteiger partial charge in [-0.25, -0.2) is 10.1 Å². The molecule has 2 aromatic heterocycles. The number of halogens is 1. The summed E-state index contributed by atoms with van der Waals surface area (Å²) in [4.78, 5) is 12.7. The lowest BCUT2D eigenvalue weighted by Gasteiger charge is -2.05. The number of nitrogens with one attached hydrogen (secondary N) is 1. The first-order chi connectivity index (χ1) is 14.5. The van der Waals surface area contributed by atoms with Gasteiger partial charge in [0.1, 0.15) is 11.4 Å². The van der Waals surface area contributed by atoms with Crippen molar-refractivity contribution in [2.45, 2.75) is 0 Å². The molecule has 0 bridgehead atoms. The van der Waals surface area contributed by atoms with Gasteiger partial charge in [-0.15, -0.1) is 5.10 Å². The second-order valence-corrected chi connectivity index (χ2v) is 6.86. The van der Waals surface area contributed by atoms with Crippen LogP contribution in [0.15, 0.2) is 62.7 Å². The summed E-state index contributed by atoms with van der Waals surface area (Å²) < 4.78 is 6.64. The molecule has 4 aromatic rings. The Balaban J connectivity index is 1.68. The quantitative estimate of drug-likeness (QED) is 0.296. The topological polar surface area (TPSA) is 157 Å². The average molecular weight is 469 g/mol. The molecular formula is C18H13BrN8O3. The molecular weight excluding hydrogens is 456 g/mol. The molecule has 0 aliphatic rings. The highest BCUT2D eigenvalue weighted by molar-refractivity contribution is 9.10. The number of phenols is 1. The SMILES string of the molecule is Nc1nonc1-n1nnc(C(=O)N/N=C\c2cc(Br)ccc2O)c1-c1ccccc1. The predicted molar refractivity (Wildman–Crippen MR) is 110 cm³/mol. The standard InChI is InChI=1S/C18H13BrN8O3/c19-12-6-7-13(28)11(8-12)9-21-23-18(29)14-15(10-4-2-1-3-5-10)27(26-22-14)17-16(20)24-30-25-17/h1-9,28H,(H2,20,24)(H,23,29)/b21-9-. The highest BCUT2D eigenvalue weighted by atomic mass is 79.9. The van der Waals surface area contributed by atoms with Crippen LogP contribution in [0.3, 0.4) is 0 Å². The van der Waals surface area contributed by atoms with Crippen LogP contribution in [-0.2, 0) is 0 Å². The molecule has 0 aliphatic heterocycles. The second-order valence-electron chi connectivity index (χ2n) is 5.94. The third-order valence-corrected chi connectivity index (χ3v) is 4.48. The number of nitrogen functional groups attached to an aromatic ring is 1. The third-order valence-electron chi connectivity index (χ3n) is 3.99. The summed E-state index contributed by atoms with van der Waals surface area (Å²) in [5.74, 6) is -0.517. The number of nitrogens with two attached hydrogens (primary N) is 1. The van der Waals surface area contributed by atoms with E-state index in [9.17, 15) is 9.90 Å². The molecule has 2 aromatic carbocycles. The minimum atomic E-state index is -0.624. The van der Waals surface area contributed by atoms with Crippen LogP contribution < -0.4 is 11.2 Å². The van der Waals surface area contributed by atoms with Crippen molar-refractivity contribution in [1.29, 1.82) is 0 Å². The van der Waals surface area contributed by atoms with Crippen molar-refractivity contribution >= 4 is 33.9 Å². The van der Waals surface area contributed by atoms with E-state index in [-0.39, 0.29) is 23.1 Å². The summed E-state index contributed by atoms with van der Waals surface area (Å²) >= 11 is 3.31. The van der Waals surface area contributed by atoms with Crippen LogP contribution in [0.5, 0.6) is 5.75 Å². The number of phenolic OH excluding ortho intramolecular Hbond substituents is 1. The van der Waals surface area contributed by atoms with Crippen molar-refractivity contribution in [2.75, 3.05) is 5.73 Å². The summed E-state index contributed by atoms with van der Waals surface area (Å²) in [6.45, 7) is 0. The number of carbonyl (C=O) groups is 1. The van der Waals surface area contributed by atoms with Gasteiger partial charge in [0.15, 0.2) is 5.69 Å². The van der Waals surface area contributed by atoms with Gasteiger partial charge in [-0.05, 0) is 28.5 Å². The minimum Gasteiger partial charge on any atom is -0.507 e. The van der Waals surface area contributed by atoms with Crippen LogP contribution >= 0.6 is 15.9 Å². The molecule has 150 valence electrons. The summed E-state index contributed by atoms with van der Waals surface area (Å²) in [6.07, 6.45) is 1.31. The second kappa shape index (κ2) is 8.13. The number of aromatic nitrogens is 5. The van der Waals surface area contributed by atoms with Gasteiger partial charge in [-0.2, -0.15) is 9.78 Å². The molecule has 12 heteroatoms. The minimum absolute atomic E-state index is 0.00723.